The Kier molecular flexibility index (Phi) is 3.26. The van der Waals surface area contributed by atoms with Crippen molar-refractivity contribution >= 4 is 27.9 Å². The van der Waals surface area contributed by atoms with Crippen molar-refractivity contribution in [1.82, 2.24) is 9.38 Å². The summed E-state index contributed by atoms with van der Waals surface area (Å²) in [6, 6.07) is 6.85. The van der Waals surface area contributed by atoms with E-state index in [0.29, 0.717) is 16.2 Å². The smallest absolute Gasteiger partial charge is 0.271 e. The molecule has 2 aromatic heterocycles. The highest BCUT2D eigenvalue weighted by Crippen LogP contribution is 2.11. The van der Waals surface area contributed by atoms with E-state index in [9.17, 15) is 9.59 Å². The van der Waals surface area contributed by atoms with Crippen molar-refractivity contribution in [1.29, 1.82) is 0 Å². The first kappa shape index (κ1) is 13.1. The summed E-state index contributed by atoms with van der Waals surface area (Å²) < 4.78 is 1.34. The van der Waals surface area contributed by atoms with E-state index in [2.05, 4.69) is 16.2 Å². The van der Waals surface area contributed by atoms with Crippen molar-refractivity contribution < 1.29 is 4.79 Å². The molecule has 3 aromatic rings. The van der Waals surface area contributed by atoms with Crippen LogP contribution in [-0.2, 0) is 0 Å². The number of hydrogen-bond donors (Lipinski definition) is 1. The van der Waals surface area contributed by atoms with Gasteiger partial charge in [0.1, 0.15) is 5.56 Å². The van der Waals surface area contributed by atoms with Crippen LogP contribution in [0.25, 0.3) is 4.96 Å². The van der Waals surface area contributed by atoms with Crippen LogP contribution in [-0.4, -0.2) is 15.3 Å². The molecular formula is C15H9N3O2S. The Morgan fingerprint density at radius 1 is 1.43 bits per heavy atom. The van der Waals surface area contributed by atoms with Gasteiger partial charge in [0.2, 0.25) is 0 Å². The van der Waals surface area contributed by atoms with Gasteiger partial charge in [0.05, 0.1) is 0 Å². The largest absolute Gasteiger partial charge is 0.322 e. The van der Waals surface area contributed by atoms with Gasteiger partial charge in [-0.1, -0.05) is 12.0 Å². The third-order valence-electron chi connectivity index (χ3n) is 2.87. The number of nitrogens with one attached hydrogen (secondary N) is 1. The Hall–Kier alpha value is -2.91. The highest BCUT2D eigenvalue weighted by atomic mass is 32.1. The maximum Gasteiger partial charge on any atom is 0.271 e. The number of anilines is 1. The zero-order valence-corrected chi connectivity index (χ0v) is 11.6. The van der Waals surface area contributed by atoms with Crippen LogP contribution in [0.3, 0.4) is 0 Å². The lowest BCUT2D eigenvalue weighted by atomic mass is 10.2. The first-order valence-corrected chi connectivity index (χ1v) is 6.90. The van der Waals surface area contributed by atoms with Crippen molar-refractivity contribution in [2.45, 2.75) is 0 Å². The molecule has 21 heavy (non-hydrogen) atoms. The van der Waals surface area contributed by atoms with Crippen LogP contribution >= 0.6 is 11.3 Å². The van der Waals surface area contributed by atoms with Crippen LogP contribution in [0.5, 0.6) is 0 Å². The van der Waals surface area contributed by atoms with Crippen molar-refractivity contribution in [3.05, 3.63) is 63.5 Å². The molecule has 0 bridgehead atoms. The van der Waals surface area contributed by atoms with E-state index in [-0.39, 0.29) is 5.56 Å². The molecule has 102 valence electrons. The second-order valence-corrected chi connectivity index (χ2v) is 5.08. The number of nitrogens with zero attached hydrogens (tertiary/aromatic N) is 2. The fourth-order valence-corrected chi connectivity index (χ4v) is 2.54. The molecule has 6 heteroatoms. The molecule has 0 saturated carbocycles. The topological polar surface area (TPSA) is 63.5 Å². The normalized spacial score (nSPS) is 10.2. The zero-order chi connectivity index (χ0) is 14.8. The molecule has 0 unspecified atom stereocenters. The number of amides is 1. The fraction of sp³-hybridized carbons (Fsp3) is 0. The predicted octanol–water partition coefficient (Wildman–Crippen LogP) is 1.99. The van der Waals surface area contributed by atoms with Gasteiger partial charge in [-0.2, -0.15) is 0 Å². The van der Waals surface area contributed by atoms with Crippen molar-refractivity contribution in [3.63, 3.8) is 0 Å². The Labute approximate surface area is 123 Å². The zero-order valence-electron chi connectivity index (χ0n) is 10.7. The maximum atomic E-state index is 12.2. The van der Waals surface area contributed by atoms with E-state index in [1.54, 1.807) is 35.8 Å². The number of benzene rings is 1. The third-order valence-corrected chi connectivity index (χ3v) is 3.65. The van der Waals surface area contributed by atoms with E-state index >= 15 is 0 Å². The number of carbonyl (C=O) groups is 1. The summed E-state index contributed by atoms with van der Waals surface area (Å²) in [6.45, 7) is 0. The van der Waals surface area contributed by atoms with Crippen molar-refractivity contribution in [3.8, 4) is 12.3 Å². The molecule has 1 aromatic carbocycles. The van der Waals surface area contributed by atoms with Gasteiger partial charge in [-0.25, -0.2) is 4.98 Å². The van der Waals surface area contributed by atoms with E-state index in [4.69, 9.17) is 6.42 Å². The lowest BCUT2D eigenvalue weighted by Gasteiger charge is -2.05. The monoisotopic (exact) mass is 295 g/mol. The van der Waals surface area contributed by atoms with E-state index in [1.807, 2.05) is 0 Å². The number of carbonyl (C=O) groups excluding carboxylic acids is 1. The minimum atomic E-state index is -0.512. The van der Waals surface area contributed by atoms with Crippen LogP contribution in [0.15, 0.2) is 46.8 Å². The lowest BCUT2D eigenvalue weighted by molar-refractivity contribution is 0.102. The summed E-state index contributed by atoms with van der Waals surface area (Å²) in [5, 5.41) is 4.38. The molecule has 1 N–H and O–H groups in total. The number of hydrogen-bond acceptors (Lipinski definition) is 4. The number of rotatable bonds is 2. The molecule has 3 rings (SSSR count). The maximum absolute atomic E-state index is 12.2. The molecule has 0 spiro atoms. The highest BCUT2D eigenvalue weighted by Gasteiger charge is 2.14. The standard InChI is InChI=1S/C15H9N3O2S/c1-2-10-4-3-5-11(8-10)17-13(19)12-9-16-15-18(14(12)20)6-7-21-15/h1,3-9H,(H,17,19). The highest BCUT2D eigenvalue weighted by molar-refractivity contribution is 7.15. The van der Waals surface area contributed by atoms with Crippen LogP contribution in [0.2, 0.25) is 0 Å². The molecule has 1 amide bonds. The Morgan fingerprint density at radius 2 is 2.29 bits per heavy atom. The summed E-state index contributed by atoms with van der Waals surface area (Å²) in [5.74, 6) is 1.97. The van der Waals surface area contributed by atoms with Crippen molar-refractivity contribution in [2.24, 2.45) is 0 Å². The summed E-state index contributed by atoms with van der Waals surface area (Å²) in [6.07, 6.45) is 8.18. The van der Waals surface area contributed by atoms with Gasteiger partial charge in [0, 0.05) is 29.0 Å². The SMILES string of the molecule is C#Cc1cccc(NC(=O)c2cnc3sccn3c2=O)c1. The van der Waals surface area contributed by atoms with Crippen molar-refractivity contribution in [2.75, 3.05) is 5.32 Å². The van der Waals surface area contributed by atoms with Gasteiger partial charge in [-0.05, 0) is 18.2 Å². The van der Waals surface area contributed by atoms with Gasteiger partial charge in [0.25, 0.3) is 11.5 Å². The molecule has 0 aliphatic carbocycles. The first-order valence-electron chi connectivity index (χ1n) is 6.02. The molecule has 0 fully saturated rings. The van der Waals surface area contributed by atoms with E-state index in [0.717, 1.165) is 0 Å². The van der Waals surface area contributed by atoms with Gasteiger partial charge in [-0.15, -0.1) is 17.8 Å². The van der Waals surface area contributed by atoms with E-state index < -0.39 is 11.5 Å². The average molecular weight is 295 g/mol. The summed E-state index contributed by atoms with van der Waals surface area (Å²) >= 11 is 1.33. The van der Waals surface area contributed by atoms with Crippen LogP contribution < -0.4 is 10.9 Å². The fourth-order valence-electron chi connectivity index (χ4n) is 1.87. The van der Waals surface area contributed by atoms with Crippen LogP contribution in [0.1, 0.15) is 15.9 Å². The molecule has 0 aliphatic heterocycles. The minimum Gasteiger partial charge on any atom is -0.322 e. The number of terminal acetylenes is 1. The van der Waals surface area contributed by atoms with Gasteiger partial charge in [0.15, 0.2) is 4.96 Å². The molecule has 5 nitrogen and oxygen atoms in total. The number of fused-ring (bicyclic) bond motifs is 1. The molecule has 0 saturated heterocycles. The van der Waals surface area contributed by atoms with Crippen LogP contribution in [0, 0.1) is 12.3 Å². The predicted molar refractivity (Wildman–Crippen MR) is 81.7 cm³/mol. The first-order chi connectivity index (χ1) is 10.2. The number of thiazole rings is 1. The molecule has 0 aliphatic rings. The average Bonchev–Trinajstić information content (AvgIpc) is 2.97. The van der Waals surface area contributed by atoms with Gasteiger partial charge >= 0.3 is 0 Å². The summed E-state index contributed by atoms with van der Waals surface area (Å²) in [7, 11) is 0. The third kappa shape index (κ3) is 2.42. The van der Waals surface area contributed by atoms with Gasteiger partial charge < -0.3 is 5.32 Å². The Balaban J connectivity index is 1.95. The molecule has 2 heterocycles. The number of aromatic nitrogens is 2. The summed E-state index contributed by atoms with van der Waals surface area (Å²) in [4.78, 5) is 29.0. The summed E-state index contributed by atoms with van der Waals surface area (Å²) in [5.41, 5.74) is 0.769. The molecule has 0 radical (unpaired) electrons. The minimum absolute atomic E-state index is 0.0167. The van der Waals surface area contributed by atoms with Gasteiger partial charge in [-0.3, -0.25) is 14.0 Å². The second kappa shape index (κ2) is 5.23. The molecular weight excluding hydrogens is 286 g/mol. The Morgan fingerprint density at radius 3 is 3.10 bits per heavy atom. The quantitative estimate of drug-likeness (QED) is 0.735. The molecule has 0 atom stereocenters. The second-order valence-electron chi connectivity index (χ2n) is 4.21. The lowest BCUT2D eigenvalue weighted by Crippen LogP contribution is -2.25. The van der Waals surface area contributed by atoms with Crippen LogP contribution in [0.4, 0.5) is 5.69 Å². The Bertz CT molecular complexity index is 934. The van der Waals surface area contributed by atoms with E-state index in [1.165, 1.54) is 21.9 Å².